The highest BCUT2D eigenvalue weighted by Crippen LogP contribution is 2.17. The van der Waals surface area contributed by atoms with Crippen molar-refractivity contribution in [2.75, 3.05) is 17.2 Å². The summed E-state index contributed by atoms with van der Waals surface area (Å²) in [4.78, 5) is 12.2. The van der Waals surface area contributed by atoms with Crippen LogP contribution in [0.25, 0.3) is 0 Å². The van der Waals surface area contributed by atoms with Gasteiger partial charge >= 0.3 is 0 Å². The first kappa shape index (κ1) is 14.5. The molecule has 0 amide bonds. The molecule has 0 radical (unpaired) electrons. The zero-order valence-corrected chi connectivity index (χ0v) is 12.0. The molecule has 0 fully saturated rings. The Morgan fingerprint density at radius 1 is 1.10 bits per heavy atom. The van der Waals surface area contributed by atoms with E-state index in [4.69, 9.17) is 11.6 Å². The molecule has 1 aromatic carbocycles. The van der Waals surface area contributed by atoms with Gasteiger partial charge in [-0.05, 0) is 37.6 Å². The maximum Gasteiger partial charge on any atom is 0.233 e. The smallest absolute Gasteiger partial charge is 0.233 e. The Bertz CT molecular complexity index is 576. The monoisotopic (exact) mass is 293 g/mol. The van der Waals surface area contributed by atoms with Gasteiger partial charge in [0.25, 0.3) is 0 Å². The average Bonchev–Trinajstić information content (AvgIpc) is 2.38. The van der Waals surface area contributed by atoms with Gasteiger partial charge in [0, 0.05) is 5.69 Å². The Morgan fingerprint density at radius 2 is 1.75 bits per heavy atom. The molecular weight excluding hydrogens is 278 g/mol. The molecule has 0 aliphatic rings. The van der Waals surface area contributed by atoms with E-state index in [0.29, 0.717) is 11.9 Å². The summed E-state index contributed by atoms with van der Waals surface area (Å²) in [6.45, 7) is 3.60. The van der Waals surface area contributed by atoms with Crippen molar-refractivity contribution < 1.29 is 5.11 Å². The number of rotatable bonds is 5. The van der Waals surface area contributed by atoms with Crippen molar-refractivity contribution in [2.45, 2.75) is 19.4 Å². The van der Waals surface area contributed by atoms with Crippen molar-refractivity contribution >= 4 is 29.2 Å². The van der Waals surface area contributed by atoms with Crippen LogP contribution in [0.5, 0.6) is 0 Å². The molecule has 0 atom stereocenters. The molecule has 0 bridgehead atoms. The van der Waals surface area contributed by atoms with Gasteiger partial charge in [-0.25, -0.2) is 0 Å². The van der Waals surface area contributed by atoms with Crippen molar-refractivity contribution in [3.63, 3.8) is 0 Å². The van der Waals surface area contributed by atoms with Crippen LogP contribution in [0, 0.1) is 0 Å². The van der Waals surface area contributed by atoms with Crippen LogP contribution in [0.2, 0.25) is 5.28 Å². The number of anilines is 3. The van der Waals surface area contributed by atoms with Crippen molar-refractivity contribution in [2.24, 2.45) is 0 Å². The number of aromatic nitrogens is 3. The molecule has 0 aliphatic heterocycles. The second kappa shape index (κ2) is 6.02. The normalized spacial score (nSPS) is 11.2. The van der Waals surface area contributed by atoms with Gasteiger partial charge in [-0.15, -0.1) is 0 Å². The summed E-state index contributed by atoms with van der Waals surface area (Å²) in [7, 11) is 0. The molecule has 0 spiro atoms. The highest BCUT2D eigenvalue weighted by molar-refractivity contribution is 6.28. The standard InChI is InChI=1S/C13H16ClN5O/c1-13(2,8-20)19-12-17-10(14)16-11(18-12)15-9-6-4-3-5-7-9/h3-7,20H,8H2,1-2H3,(H2,15,16,17,18,19). The molecule has 3 N–H and O–H groups in total. The molecule has 1 heterocycles. The van der Waals surface area contributed by atoms with E-state index in [-0.39, 0.29) is 11.9 Å². The minimum absolute atomic E-state index is 0.0578. The first-order chi connectivity index (χ1) is 9.48. The Morgan fingerprint density at radius 3 is 2.40 bits per heavy atom. The third kappa shape index (κ3) is 4.04. The number of hydrogen-bond acceptors (Lipinski definition) is 6. The first-order valence-corrected chi connectivity index (χ1v) is 6.49. The predicted molar refractivity (Wildman–Crippen MR) is 79.3 cm³/mol. The van der Waals surface area contributed by atoms with E-state index in [1.54, 1.807) is 0 Å². The fourth-order valence-electron chi connectivity index (χ4n) is 1.45. The third-order valence-electron chi connectivity index (χ3n) is 2.48. The van der Waals surface area contributed by atoms with Gasteiger partial charge in [0.1, 0.15) is 0 Å². The van der Waals surface area contributed by atoms with Gasteiger partial charge in [-0.2, -0.15) is 15.0 Å². The third-order valence-corrected chi connectivity index (χ3v) is 2.65. The molecule has 0 unspecified atom stereocenters. The number of nitrogens with zero attached hydrogens (tertiary/aromatic N) is 3. The van der Waals surface area contributed by atoms with Crippen molar-refractivity contribution in [1.82, 2.24) is 15.0 Å². The number of halogens is 1. The van der Waals surface area contributed by atoms with Crippen LogP contribution >= 0.6 is 11.6 Å². The average molecular weight is 294 g/mol. The summed E-state index contributed by atoms with van der Waals surface area (Å²) in [6.07, 6.45) is 0. The maximum absolute atomic E-state index is 9.25. The summed E-state index contributed by atoms with van der Waals surface area (Å²) in [5.74, 6) is 0.648. The number of aliphatic hydroxyl groups is 1. The maximum atomic E-state index is 9.25. The summed E-state index contributed by atoms with van der Waals surface area (Å²) in [6, 6.07) is 9.51. The zero-order chi connectivity index (χ0) is 14.6. The summed E-state index contributed by atoms with van der Waals surface area (Å²) in [5, 5.41) is 15.4. The molecule has 106 valence electrons. The number of aliphatic hydroxyl groups excluding tert-OH is 1. The molecule has 0 aliphatic carbocycles. The molecule has 20 heavy (non-hydrogen) atoms. The van der Waals surface area contributed by atoms with Crippen LogP contribution < -0.4 is 10.6 Å². The minimum Gasteiger partial charge on any atom is -0.394 e. The number of hydrogen-bond donors (Lipinski definition) is 3. The fourth-order valence-corrected chi connectivity index (χ4v) is 1.61. The molecule has 7 heteroatoms. The van der Waals surface area contributed by atoms with Crippen LogP contribution in [0.4, 0.5) is 17.6 Å². The molecule has 6 nitrogen and oxygen atoms in total. The lowest BCUT2D eigenvalue weighted by molar-refractivity contribution is 0.233. The minimum atomic E-state index is -0.547. The fraction of sp³-hybridized carbons (Fsp3) is 0.308. The van der Waals surface area contributed by atoms with E-state index < -0.39 is 5.54 Å². The van der Waals surface area contributed by atoms with Crippen LogP contribution in [0.3, 0.4) is 0 Å². The van der Waals surface area contributed by atoms with Crippen molar-refractivity contribution in [3.8, 4) is 0 Å². The van der Waals surface area contributed by atoms with Crippen LogP contribution in [-0.4, -0.2) is 32.2 Å². The lowest BCUT2D eigenvalue weighted by Crippen LogP contribution is -2.35. The lowest BCUT2D eigenvalue weighted by Gasteiger charge is -2.23. The van der Waals surface area contributed by atoms with Crippen LogP contribution in [0.15, 0.2) is 30.3 Å². The topological polar surface area (TPSA) is 83.0 Å². The molecular formula is C13H16ClN5O. The molecule has 2 aromatic rings. The molecule has 0 saturated heterocycles. The Hall–Kier alpha value is -1.92. The molecule has 1 aromatic heterocycles. The van der Waals surface area contributed by atoms with E-state index in [9.17, 15) is 5.11 Å². The largest absolute Gasteiger partial charge is 0.394 e. The lowest BCUT2D eigenvalue weighted by atomic mass is 10.1. The van der Waals surface area contributed by atoms with E-state index in [1.165, 1.54) is 0 Å². The highest BCUT2D eigenvalue weighted by Gasteiger charge is 2.18. The number of para-hydroxylation sites is 1. The first-order valence-electron chi connectivity index (χ1n) is 6.11. The number of benzene rings is 1. The second-order valence-electron chi connectivity index (χ2n) is 4.91. The van der Waals surface area contributed by atoms with Crippen molar-refractivity contribution in [1.29, 1.82) is 0 Å². The van der Waals surface area contributed by atoms with Crippen molar-refractivity contribution in [3.05, 3.63) is 35.6 Å². The van der Waals surface area contributed by atoms with Gasteiger partial charge in [0.15, 0.2) is 0 Å². The van der Waals surface area contributed by atoms with E-state index in [0.717, 1.165) is 5.69 Å². The van der Waals surface area contributed by atoms with Gasteiger partial charge in [-0.1, -0.05) is 18.2 Å². The second-order valence-corrected chi connectivity index (χ2v) is 5.25. The number of nitrogens with one attached hydrogen (secondary N) is 2. The van der Waals surface area contributed by atoms with E-state index in [2.05, 4.69) is 25.6 Å². The molecule has 2 rings (SSSR count). The SMILES string of the molecule is CC(C)(CO)Nc1nc(Cl)nc(Nc2ccccc2)n1. The Labute approximate surface area is 122 Å². The Balaban J connectivity index is 2.21. The van der Waals surface area contributed by atoms with Gasteiger partial charge < -0.3 is 15.7 Å². The van der Waals surface area contributed by atoms with Crippen LogP contribution in [0.1, 0.15) is 13.8 Å². The summed E-state index contributed by atoms with van der Waals surface area (Å²) in [5.41, 5.74) is 0.302. The van der Waals surface area contributed by atoms with Gasteiger partial charge in [0.05, 0.1) is 12.1 Å². The predicted octanol–water partition coefficient (Wildman–Crippen LogP) is 2.45. The molecule has 0 saturated carbocycles. The summed E-state index contributed by atoms with van der Waals surface area (Å²) >= 11 is 5.88. The highest BCUT2D eigenvalue weighted by atomic mass is 35.5. The zero-order valence-electron chi connectivity index (χ0n) is 11.3. The van der Waals surface area contributed by atoms with E-state index in [1.807, 2.05) is 44.2 Å². The van der Waals surface area contributed by atoms with Gasteiger partial charge in [-0.3, -0.25) is 0 Å². The van der Waals surface area contributed by atoms with Gasteiger partial charge in [0.2, 0.25) is 17.2 Å². The quantitative estimate of drug-likeness (QED) is 0.785. The van der Waals surface area contributed by atoms with E-state index >= 15 is 0 Å². The summed E-state index contributed by atoms with van der Waals surface area (Å²) < 4.78 is 0. The van der Waals surface area contributed by atoms with Crippen LogP contribution in [-0.2, 0) is 0 Å². The Kier molecular flexibility index (Phi) is 4.36.